The highest BCUT2D eigenvalue weighted by Gasteiger charge is 2.38. The van der Waals surface area contributed by atoms with Crippen LogP contribution in [0.5, 0.6) is 5.75 Å². The Morgan fingerprint density at radius 3 is 2.11 bits per heavy atom. The monoisotopic (exact) mass is 1290 g/mol. The summed E-state index contributed by atoms with van der Waals surface area (Å²) >= 11 is 0. The molecule has 6 aliphatic rings. The highest BCUT2D eigenvalue weighted by atomic mass is 31.3. The van der Waals surface area contributed by atoms with Crippen molar-refractivity contribution >= 4 is 68.9 Å². The van der Waals surface area contributed by atoms with E-state index in [4.69, 9.17) is 18.5 Å². The number of hydrogen-bond donors (Lipinski definition) is 6. The topological polar surface area (TPSA) is 354 Å². The van der Waals surface area contributed by atoms with Crippen LogP contribution in [-0.2, 0) is 31.6 Å². The van der Waals surface area contributed by atoms with Crippen LogP contribution in [-0.4, -0.2) is 88.3 Å². The van der Waals surface area contributed by atoms with Crippen molar-refractivity contribution in [3.63, 3.8) is 0 Å². The number of phenols is 1. The predicted molar refractivity (Wildman–Crippen MR) is 331 cm³/mol. The molecule has 4 aliphatic heterocycles. The molecule has 0 spiro atoms. The first-order valence-corrected chi connectivity index (χ1v) is 33.4. The van der Waals surface area contributed by atoms with Gasteiger partial charge in [-0.05, 0) is 163 Å². The fraction of sp³-hybridized carbons (Fsp3) is 0.328. The number of aromatic hydroxyl groups is 1. The minimum atomic E-state index is -5.83. The minimum Gasteiger partial charge on any atom is -0.756 e. The van der Waals surface area contributed by atoms with Crippen molar-refractivity contribution in [3.05, 3.63) is 146 Å². The lowest BCUT2D eigenvalue weighted by Gasteiger charge is -2.42. The van der Waals surface area contributed by atoms with E-state index in [1.54, 1.807) is 43.0 Å². The standard InChI is InChI=1S/C58H54N4O8.C6H15O11P3.H2/c1-7-10-11-20-58(61-55(65)36-12-16-40(33(4)25-36)53-45-26-34(5)47(59-8-2)31-51(45)70-52-32-48(60-9-3)35(6)27-46(52)53)21-23-62(24-22-58)56(66)37-13-17-41(44(28-37)57(67)68)54-42-18-14-38(63)29-49(42)69-50-30-39(64)15-19-43(50)54;1-5-2-3-6(15-5)4-14-19(10,11)17-20(12,13)16-18(7,8)9;/h12-19,25-32,59,63H,8-9,11,20-24H2,1-6H3,(H,61,65)(H,67,68);5-6H,2-4H2,1H3,(H,10,11)(H,12,13)(H2,7,8,9);1H/p-2/t;5-,6-;/m.0./s1. The Bertz CT molecular complexity index is 4390. The van der Waals surface area contributed by atoms with Crippen LogP contribution in [0.3, 0.4) is 0 Å². The summed E-state index contributed by atoms with van der Waals surface area (Å²) in [6, 6.07) is 27.7. The number of amides is 2. The van der Waals surface area contributed by atoms with Gasteiger partial charge in [0.25, 0.3) is 35.3 Å². The van der Waals surface area contributed by atoms with Gasteiger partial charge in [-0.3, -0.25) is 28.1 Å². The van der Waals surface area contributed by atoms with E-state index in [0.717, 1.165) is 74.2 Å². The smallest absolute Gasteiger partial charge is 0.336 e. The van der Waals surface area contributed by atoms with Crippen molar-refractivity contribution in [2.75, 3.05) is 38.1 Å². The molecule has 0 saturated carbocycles. The molecule has 4 heterocycles. The van der Waals surface area contributed by atoms with Crippen LogP contribution < -0.4 is 41.1 Å². The number of piperidine rings is 1. The number of nitrogens with zero attached hydrogens (tertiary/aromatic N) is 1. The largest absolute Gasteiger partial charge is 0.756 e. The number of hydrogen-bond acceptors (Lipinski definition) is 18. The van der Waals surface area contributed by atoms with Crippen LogP contribution in [0.25, 0.3) is 66.8 Å². The summed E-state index contributed by atoms with van der Waals surface area (Å²) in [7, 11) is -16.9. The van der Waals surface area contributed by atoms with Crippen LogP contribution in [0, 0.1) is 32.6 Å². The fourth-order valence-electron chi connectivity index (χ4n) is 11.5. The van der Waals surface area contributed by atoms with Crippen LogP contribution in [0.2, 0.25) is 0 Å². The predicted octanol–water partition coefficient (Wildman–Crippen LogP) is 8.30. The number of ether oxygens (including phenoxy) is 1. The second-order valence-corrected chi connectivity index (χ2v) is 26.5. The van der Waals surface area contributed by atoms with Gasteiger partial charge in [0.2, 0.25) is 5.36 Å². The third-order valence-electron chi connectivity index (χ3n) is 15.8. The third kappa shape index (κ3) is 15.5. The Hall–Kier alpha value is -7.80. The molecule has 23 nitrogen and oxygen atoms in total. The second kappa shape index (κ2) is 27.3. The van der Waals surface area contributed by atoms with Crippen molar-refractivity contribution < 1.29 is 91.0 Å². The van der Waals surface area contributed by atoms with Gasteiger partial charge in [0.15, 0.2) is 5.43 Å². The van der Waals surface area contributed by atoms with Crippen LogP contribution in [0.1, 0.15) is 115 Å². The first-order valence-electron chi connectivity index (χ1n) is 29.0. The SMILES string of the molecule is CC#CCCC1(NC(=O)c2ccc(-c3c4cc(C)c(=[NH+]CC)cc-4oc4cc(NCC)c(C)cc34)c(C)c2)CCN(C(=O)c2ccc(-c3c4ccc(=O)cc-4oc4cc(O)ccc34)c(C(=O)O)c2)CC1.C[C@H]1CC[C@@H](COP(=O)([O-])OP(=O)([O-])OP(=O)([O-])O)O1.[HH]. The number of carboxylic acids is 1. The summed E-state index contributed by atoms with van der Waals surface area (Å²) in [6.45, 7) is 15.6. The highest BCUT2D eigenvalue weighted by Crippen LogP contribution is 2.61. The lowest BCUT2D eigenvalue weighted by molar-refractivity contribution is -0.496. The number of phosphoric acid groups is 3. The molecule has 2 aliphatic carbocycles. The number of anilines is 1. The molecule has 2 saturated heterocycles. The maximum absolute atomic E-state index is 14.4. The molecule has 0 radical (unpaired) electrons. The molecule has 26 heteroatoms. The van der Waals surface area contributed by atoms with Crippen LogP contribution in [0.4, 0.5) is 5.69 Å². The van der Waals surface area contributed by atoms with Gasteiger partial charge in [-0.2, -0.15) is 0 Å². The molecule has 0 bridgehead atoms. The number of rotatable bonds is 18. The van der Waals surface area contributed by atoms with Gasteiger partial charge in [-0.25, -0.2) is 18.4 Å². The quantitative estimate of drug-likeness (QED) is 0.0267. The molecule has 476 valence electrons. The lowest BCUT2D eigenvalue weighted by atomic mass is 9.82. The van der Waals surface area contributed by atoms with E-state index in [0.29, 0.717) is 79.3 Å². The van der Waals surface area contributed by atoms with Gasteiger partial charge in [0.05, 0.1) is 30.4 Å². The van der Waals surface area contributed by atoms with Crippen molar-refractivity contribution in [1.82, 2.24) is 10.2 Å². The maximum Gasteiger partial charge on any atom is 0.336 e. The van der Waals surface area contributed by atoms with E-state index in [1.807, 2.05) is 25.1 Å². The summed E-state index contributed by atoms with van der Waals surface area (Å²) < 4.78 is 60.9. The molecule has 6 N–H and O–H groups in total. The number of aryl methyl sites for hydroxylation is 3. The van der Waals surface area contributed by atoms with Crippen LogP contribution in [0.15, 0.2) is 111 Å². The molecule has 90 heavy (non-hydrogen) atoms. The van der Waals surface area contributed by atoms with Gasteiger partial charge >= 0.3 is 5.97 Å². The Morgan fingerprint density at radius 2 is 1.46 bits per heavy atom. The number of carbonyl (C=O) groups is 3. The second-order valence-electron chi connectivity index (χ2n) is 22.2. The third-order valence-corrected chi connectivity index (χ3v) is 19.5. The normalized spacial score (nSPS) is 17.8. The zero-order valence-corrected chi connectivity index (χ0v) is 53.0. The average Bonchev–Trinajstić information content (AvgIpc) is 1.26. The average molecular weight is 1290 g/mol. The maximum atomic E-state index is 14.4. The van der Waals surface area contributed by atoms with E-state index in [1.165, 1.54) is 30.3 Å². The van der Waals surface area contributed by atoms with E-state index in [2.05, 4.69) is 92.6 Å². The van der Waals surface area contributed by atoms with Crippen molar-refractivity contribution in [2.45, 2.75) is 105 Å². The van der Waals surface area contributed by atoms with Gasteiger partial charge < -0.3 is 63.4 Å². The summed E-state index contributed by atoms with van der Waals surface area (Å²) in [6.07, 6.45) is 2.64. The summed E-state index contributed by atoms with van der Waals surface area (Å²) in [5, 5.41) is 30.2. The van der Waals surface area contributed by atoms with Gasteiger partial charge in [-0.15, -0.1) is 11.8 Å². The Kier molecular flexibility index (Phi) is 20.2. The van der Waals surface area contributed by atoms with E-state index in [-0.39, 0.29) is 53.0 Å². The zero-order chi connectivity index (χ0) is 65.0. The molecular formula is C64H69N4O19P3-2. The van der Waals surface area contributed by atoms with Crippen molar-refractivity contribution in [2.24, 2.45) is 0 Å². The molecule has 2 amide bonds. The first-order chi connectivity index (χ1) is 42.6. The number of phenolic OH excluding ortho intramolecular Hbond substituents is 1. The molecule has 3 unspecified atom stereocenters. The van der Waals surface area contributed by atoms with Gasteiger partial charge in [0, 0.05) is 107 Å². The van der Waals surface area contributed by atoms with Crippen LogP contribution >= 0.6 is 23.5 Å². The van der Waals surface area contributed by atoms with Gasteiger partial charge in [0.1, 0.15) is 35.0 Å². The Balaban J connectivity index is 0.000000435. The number of carbonyl (C=O) groups excluding carboxylic acids is 2. The number of carboxylic acid groups (broad SMARTS) is 1. The lowest BCUT2D eigenvalue weighted by Crippen LogP contribution is -2.76. The number of fused-ring (bicyclic) bond motifs is 4. The van der Waals surface area contributed by atoms with Crippen molar-refractivity contribution in [1.29, 1.82) is 0 Å². The number of nitrogens with one attached hydrogen (secondary N) is 3. The molecule has 10 rings (SSSR count). The minimum absolute atomic E-state index is 0. The summed E-state index contributed by atoms with van der Waals surface area (Å²) in [5.74, 6) is 5.28. The van der Waals surface area contributed by atoms with E-state index < -0.39 is 47.7 Å². The molecular weight excluding hydrogens is 1220 g/mol. The van der Waals surface area contributed by atoms with Gasteiger partial charge in [-0.1, -0.05) is 12.1 Å². The molecule has 5 atom stereocenters. The van der Waals surface area contributed by atoms with Crippen molar-refractivity contribution in [3.8, 4) is 62.5 Å². The van der Waals surface area contributed by atoms with E-state index in [9.17, 15) is 57.8 Å². The highest BCUT2D eigenvalue weighted by molar-refractivity contribution is 7.65. The fourth-order valence-corrected chi connectivity index (χ4v) is 14.4. The number of phosphoric ester groups is 1. The number of benzene rings is 6. The van der Waals surface area contributed by atoms with E-state index >= 15 is 0 Å². The zero-order valence-electron chi connectivity index (χ0n) is 50.3. The molecule has 0 aromatic heterocycles. The first kappa shape index (κ1) is 66.6. The number of aromatic carboxylic acids is 1. The Morgan fingerprint density at radius 1 is 0.778 bits per heavy atom. The molecule has 4 aromatic rings. The summed E-state index contributed by atoms with van der Waals surface area (Å²) in [5.41, 5.74) is 9.15. The Labute approximate surface area is 519 Å². The molecule has 2 fully saturated rings. The molecule has 4 aromatic carbocycles. The summed E-state index contributed by atoms with van der Waals surface area (Å²) in [4.78, 5) is 99.5. The number of likely N-dealkylation sites (tertiary alicyclic amines) is 1.